The number of nitrogens with zero attached hydrogens (tertiary/aromatic N) is 2. The number of carboxylic acids is 2. The van der Waals surface area contributed by atoms with Crippen LogP contribution in [0.3, 0.4) is 0 Å². The van der Waals surface area contributed by atoms with Gasteiger partial charge < -0.3 is 10.2 Å². The number of fused-ring (bicyclic) bond motifs is 2. The van der Waals surface area contributed by atoms with Crippen molar-refractivity contribution < 1.29 is 19.8 Å². The number of benzene rings is 5. The van der Waals surface area contributed by atoms with Gasteiger partial charge in [-0.15, -0.1) is 0 Å². The van der Waals surface area contributed by atoms with Crippen LogP contribution in [-0.2, 0) is 0 Å². The number of rotatable bonds is 2. The number of aromatic carboxylic acids is 2. The Morgan fingerprint density at radius 1 is 0.633 bits per heavy atom. The van der Waals surface area contributed by atoms with Crippen LogP contribution in [0.25, 0.3) is 43.1 Å². The molecular weight excluding hydrogens is 380 g/mol. The second-order valence-electron chi connectivity index (χ2n) is 6.95. The molecule has 0 saturated carbocycles. The minimum Gasteiger partial charge on any atom is -0.478 e. The van der Waals surface area contributed by atoms with E-state index in [-0.39, 0.29) is 10.9 Å². The SMILES string of the molecule is N#Cc1ccc2c3cccc4c(C#N)c(C(=O)O)c(C(=O)O)c(c5cccc1c25)c43. The van der Waals surface area contributed by atoms with Crippen LogP contribution in [0.15, 0.2) is 48.5 Å². The third kappa shape index (κ3) is 1.99. The average Bonchev–Trinajstić information content (AvgIpc) is 2.75. The van der Waals surface area contributed by atoms with Gasteiger partial charge in [0.15, 0.2) is 0 Å². The first-order chi connectivity index (χ1) is 14.5. The molecule has 0 atom stereocenters. The van der Waals surface area contributed by atoms with Crippen molar-refractivity contribution in [2.45, 2.75) is 0 Å². The molecule has 5 aromatic carbocycles. The van der Waals surface area contributed by atoms with Crippen LogP contribution in [0.1, 0.15) is 31.8 Å². The molecule has 5 aromatic rings. The van der Waals surface area contributed by atoms with E-state index in [9.17, 15) is 30.3 Å². The van der Waals surface area contributed by atoms with Crippen LogP contribution < -0.4 is 0 Å². The summed E-state index contributed by atoms with van der Waals surface area (Å²) < 4.78 is 0. The Morgan fingerprint density at radius 3 is 1.87 bits per heavy atom. The lowest BCUT2D eigenvalue weighted by atomic mass is 9.83. The summed E-state index contributed by atoms with van der Waals surface area (Å²) >= 11 is 0. The molecule has 0 aliphatic rings. The minimum atomic E-state index is -1.48. The monoisotopic (exact) mass is 390 g/mol. The Kier molecular flexibility index (Phi) is 3.43. The van der Waals surface area contributed by atoms with E-state index in [1.807, 2.05) is 12.1 Å². The molecule has 0 fully saturated rings. The highest BCUT2D eigenvalue weighted by atomic mass is 16.4. The molecule has 0 saturated heterocycles. The number of carbonyl (C=O) groups is 2. The number of hydrogen-bond acceptors (Lipinski definition) is 4. The third-order valence-corrected chi connectivity index (χ3v) is 5.59. The largest absolute Gasteiger partial charge is 0.478 e. The first-order valence-electron chi connectivity index (χ1n) is 8.95. The van der Waals surface area contributed by atoms with Gasteiger partial charge >= 0.3 is 11.9 Å². The van der Waals surface area contributed by atoms with E-state index in [1.165, 1.54) is 0 Å². The van der Waals surface area contributed by atoms with Gasteiger partial charge in [-0.1, -0.05) is 42.5 Å². The van der Waals surface area contributed by atoms with Crippen molar-refractivity contribution in [1.82, 2.24) is 0 Å². The van der Waals surface area contributed by atoms with Crippen LogP contribution in [0, 0.1) is 22.7 Å². The smallest absolute Gasteiger partial charge is 0.337 e. The Balaban J connectivity index is 2.29. The van der Waals surface area contributed by atoms with E-state index in [0.717, 1.165) is 5.39 Å². The van der Waals surface area contributed by atoms with Crippen molar-refractivity contribution in [1.29, 1.82) is 10.5 Å². The van der Waals surface area contributed by atoms with Crippen molar-refractivity contribution in [2.24, 2.45) is 0 Å². The molecule has 30 heavy (non-hydrogen) atoms. The highest BCUT2D eigenvalue weighted by molar-refractivity contribution is 6.37. The van der Waals surface area contributed by atoms with Gasteiger partial charge in [0, 0.05) is 16.2 Å². The summed E-state index contributed by atoms with van der Waals surface area (Å²) in [6, 6.07) is 18.0. The van der Waals surface area contributed by atoms with Crippen molar-refractivity contribution in [3.63, 3.8) is 0 Å². The maximum absolute atomic E-state index is 12.3. The van der Waals surface area contributed by atoms with Gasteiger partial charge in [0.05, 0.1) is 28.3 Å². The maximum Gasteiger partial charge on any atom is 0.337 e. The summed E-state index contributed by atoms with van der Waals surface area (Å²) in [5.41, 5.74) is -0.680. The topological polar surface area (TPSA) is 122 Å². The minimum absolute atomic E-state index is 0.176. The van der Waals surface area contributed by atoms with Crippen molar-refractivity contribution >= 4 is 55.0 Å². The average molecular weight is 390 g/mol. The second kappa shape index (κ2) is 5.91. The standard InChI is InChI=1S/C24H10N2O4/c25-9-11-7-8-15-13-4-2-5-14-17(10-26)21(23(27)28)22(24(29)30)20(19(13)14)16-6-1-3-12(11)18(15)16/h1-8H,(H,27,28)(H,29,30). The molecule has 6 nitrogen and oxygen atoms in total. The Hall–Kier alpha value is -4.68. The van der Waals surface area contributed by atoms with Crippen molar-refractivity contribution in [3.8, 4) is 12.1 Å². The van der Waals surface area contributed by atoms with Crippen molar-refractivity contribution in [3.05, 3.63) is 70.8 Å². The molecule has 2 N–H and O–H groups in total. The van der Waals surface area contributed by atoms with Gasteiger partial charge in [-0.25, -0.2) is 9.59 Å². The Morgan fingerprint density at radius 2 is 1.23 bits per heavy atom. The molecule has 0 bridgehead atoms. The normalized spacial score (nSPS) is 11.1. The molecule has 0 aliphatic carbocycles. The molecule has 0 amide bonds. The summed E-state index contributed by atoms with van der Waals surface area (Å²) in [5.74, 6) is -2.90. The summed E-state index contributed by atoms with van der Waals surface area (Å²) in [6.45, 7) is 0. The van der Waals surface area contributed by atoms with Crippen LogP contribution >= 0.6 is 0 Å². The lowest BCUT2D eigenvalue weighted by Crippen LogP contribution is -2.12. The van der Waals surface area contributed by atoms with Gasteiger partial charge in [-0.05, 0) is 33.0 Å². The van der Waals surface area contributed by atoms with Crippen molar-refractivity contribution in [2.75, 3.05) is 0 Å². The predicted octanol–water partition coefficient (Wildman–Crippen LogP) is 4.88. The maximum atomic E-state index is 12.3. The second-order valence-corrected chi connectivity index (χ2v) is 6.95. The molecule has 0 heterocycles. The van der Waals surface area contributed by atoms with Crippen LogP contribution in [0.5, 0.6) is 0 Å². The molecule has 0 radical (unpaired) electrons. The molecule has 0 spiro atoms. The number of nitriles is 2. The summed E-state index contributed by atoms with van der Waals surface area (Å²) in [5, 5.41) is 43.6. The first kappa shape index (κ1) is 17.4. The summed E-state index contributed by atoms with van der Waals surface area (Å²) in [6.07, 6.45) is 0. The van der Waals surface area contributed by atoms with E-state index in [1.54, 1.807) is 42.5 Å². The van der Waals surface area contributed by atoms with Gasteiger partial charge in [-0.2, -0.15) is 10.5 Å². The molecule has 140 valence electrons. The summed E-state index contributed by atoms with van der Waals surface area (Å²) in [4.78, 5) is 24.3. The molecule has 0 unspecified atom stereocenters. The van der Waals surface area contributed by atoms with Crippen LogP contribution in [0.2, 0.25) is 0 Å². The van der Waals surface area contributed by atoms with E-state index >= 15 is 0 Å². The lowest BCUT2D eigenvalue weighted by Gasteiger charge is -2.18. The van der Waals surface area contributed by atoms with E-state index in [4.69, 9.17) is 0 Å². The highest BCUT2D eigenvalue weighted by Gasteiger charge is 2.29. The van der Waals surface area contributed by atoms with E-state index < -0.39 is 23.1 Å². The molecular formula is C24H10N2O4. The first-order valence-corrected chi connectivity index (χ1v) is 8.95. The van der Waals surface area contributed by atoms with Gasteiger partial charge in [-0.3, -0.25) is 0 Å². The molecule has 0 aliphatic heterocycles. The zero-order valence-corrected chi connectivity index (χ0v) is 15.2. The molecule has 0 aromatic heterocycles. The number of hydrogen-bond donors (Lipinski definition) is 2. The van der Waals surface area contributed by atoms with Gasteiger partial charge in [0.25, 0.3) is 0 Å². The van der Waals surface area contributed by atoms with Crippen LogP contribution in [-0.4, -0.2) is 22.2 Å². The lowest BCUT2D eigenvalue weighted by molar-refractivity contribution is 0.0653. The zero-order chi connectivity index (χ0) is 21.2. The Bertz CT molecular complexity index is 1670. The van der Waals surface area contributed by atoms with Crippen LogP contribution in [0.4, 0.5) is 0 Å². The fraction of sp³-hybridized carbons (Fsp3) is 0. The molecule has 6 heteroatoms. The Labute approximate surface area is 168 Å². The molecule has 5 rings (SSSR count). The number of carboxylic acid groups (broad SMARTS) is 2. The fourth-order valence-electron chi connectivity index (χ4n) is 4.51. The third-order valence-electron chi connectivity index (χ3n) is 5.59. The predicted molar refractivity (Wildman–Crippen MR) is 111 cm³/mol. The van der Waals surface area contributed by atoms with Gasteiger partial charge in [0.1, 0.15) is 6.07 Å². The van der Waals surface area contributed by atoms with E-state index in [2.05, 4.69) is 6.07 Å². The van der Waals surface area contributed by atoms with E-state index in [0.29, 0.717) is 37.9 Å². The fourth-order valence-corrected chi connectivity index (χ4v) is 4.51. The highest BCUT2D eigenvalue weighted by Crippen LogP contribution is 2.44. The van der Waals surface area contributed by atoms with Gasteiger partial charge in [0.2, 0.25) is 0 Å². The zero-order valence-electron chi connectivity index (χ0n) is 15.2. The quantitative estimate of drug-likeness (QED) is 0.327. The summed E-state index contributed by atoms with van der Waals surface area (Å²) in [7, 11) is 0.